The van der Waals surface area contributed by atoms with E-state index in [9.17, 15) is 0 Å². The molecule has 5 heteroatoms. The quantitative estimate of drug-likeness (QED) is 0.150. The van der Waals surface area contributed by atoms with Gasteiger partial charge in [0.05, 0.1) is 27.8 Å². The second kappa shape index (κ2) is 12.5. The standard InChI is InChI=1S/C42H26N2O.C2H6.H4N2/c1-5-18-36-30(13-1)31-14-2-6-19-37(31)43(36)29-12-9-11-27(25-29)28-23-24-41-35(26-28)34-17-10-22-40(42(34)45-41)44-38-20-7-3-15-32(38)33-16-4-8-21-39(33)44;2*1-2/h1-26H;1-2H3;1-2H2. The number of para-hydroxylation sites is 5. The largest absolute Gasteiger partial charge is 0.454 e. The molecule has 0 saturated heterocycles. The van der Waals surface area contributed by atoms with Gasteiger partial charge in [-0.1, -0.05) is 117 Å². The Hall–Kier alpha value is -6.14. The summed E-state index contributed by atoms with van der Waals surface area (Å²) in [4.78, 5) is 0. The van der Waals surface area contributed by atoms with Gasteiger partial charge in [-0.25, -0.2) is 0 Å². The van der Waals surface area contributed by atoms with E-state index in [0.29, 0.717) is 0 Å². The van der Waals surface area contributed by atoms with Crippen LogP contribution >= 0.6 is 0 Å². The molecule has 0 bridgehead atoms. The Morgan fingerprint density at radius 1 is 0.408 bits per heavy atom. The van der Waals surface area contributed by atoms with Gasteiger partial charge in [0.2, 0.25) is 0 Å². The minimum Gasteiger partial charge on any atom is -0.454 e. The molecule has 0 aliphatic carbocycles. The lowest BCUT2D eigenvalue weighted by Crippen LogP contribution is -2.02. The zero-order valence-corrected chi connectivity index (χ0v) is 27.5. The molecule has 0 aliphatic heterocycles. The molecule has 3 aromatic heterocycles. The Labute approximate surface area is 284 Å². The molecule has 3 heterocycles. The summed E-state index contributed by atoms with van der Waals surface area (Å²) < 4.78 is 11.4. The van der Waals surface area contributed by atoms with Crippen LogP contribution in [0, 0.1) is 0 Å². The number of hydrogen-bond donors (Lipinski definition) is 2. The fourth-order valence-electron chi connectivity index (χ4n) is 7.35. The molecule has 0 amide bonds. The molecule has 0 saturated carbocycles. The van der Waals surface area contributed by atoms with Crippen LogP contribution in [-0.2, 0) is 0 Å². The molecule has 0 aliphatic rings. The van der Waals surface area contributed by atoms with Crippen molar-refractivity contribution in [3.05, 3.63) is 158 Å². The summed E-state index contributed by atoms with van der Waals surface area (Å²) in [5.41, 5.74) is 11.1. The highest BCUT2D eigenvalue weighted by molar-refractivity contribution is 6.13. The summed E-state index contributed by atoms with van der Waals surface area (Å²) in [6.07, 6.45) is 0. The van der Waals surface area contributed by atoms with Crippen molar-refractivity contribution in [3.63, 3.8) is 0 Å². The molecular weight excluding hydrogens is 601 g/mol. The molecule has 0 atom stereocenters. The van der Waals surface area contributed by atoms with Crippen molar-refractivity contribution in [2.75, 3.05) is 0 Å². The normalized spacial score (nSPS) is 11.3. The van der Waals surface area contributed by atoms with Gasteiger partial charge in [0.1, 0.15) is 5.58 Å². The molecule has 4 N–H and O–H groups in total. The molecule has 5 nitrogen and oxygen atoms in total. The maximum absolute atomic E-state index is 6.65. The monoisotopic (exact) mass is 636 g/mol. The van der Waals surface area contributed by atoms with E-state index in [1.807, 2.05) is 13.8 Å². The van der Waals surface area contributed by atoms with Gasteiger partial charge in [-0.05, 0) is 65.7 Å². The lowest BCUT2D eigenvalue weighted by molar-refractivity contribution is 0.666. The highest BCUT2D eigenvalue weighted by Gasteiger charge is 2.18. The Balaban J connectivity index is 0.000000843. The summed E-state index contributed by atoms with van der Waals surface area (Å²) >= 11 is 0. The van der Waals surface area contributed by atoms with Crippen molar-refractivity contribution in [1.82, 2.24) is 9.13 Å². The number of nitrogens with two attached hydrogens (primary N) is 2. The maximum Gasteiger partial charge on any atom is 0.159 e. The summed E-state index contributed by atoms with van der Waals surface area (Å²) in [7, 11) is 0. The highest BCUT2D eigenvalue weighted by atomic mass is 16.3. The number of nitrogens with zero attached hydrogens (tertiary/aromatic N) is 2. The minimum atomic E-state index is 0.889. The first-order chi connectivity index (χ1) is 24.3. The van der Waals surface area contributed by atoms with Gasteiger partial charge in [-0.2, -0.15) is 0 Å². The smallest absolute Gasteiger partial charge is 0.159 e. The summed E-state index contributed by atoms with van der Waals surface area (Å²) in [6, 6.07) is 56.5. The fraction of sp³-hybridized carbons (Fsp3) is 0.0455. The summed E-state index contributed by atoms with van der Waals surface area (Å²) in [5.74, 6) is 8.00. The number of fused-ring (bicyclic) bond motifs is 9. The van der Waals surface area contributed by atoms with Gasteiger partial charge in [-0.15, -0.1) is 0 Å². The third kappa shape index (κ3) is 4.71. The third-order valence-corrected chi connectivity index (χ3v) is 9.31. The Kier molecular flexibility index (Phi) is 7.69. The van der Waals surface area contributed by atoms with Crippen LogP contribution in [0.5, 0.6) is 0 Å². The number of hydrogen-bond acceptors (Lipinski definition) is 3. The van der Waals surface area contributed by atoms with Crippen LogP contribution in [-0.4, -0.2) is 9.13 Å². The van der Waals surface area contributed by atoms with Gasteiger partial charge in [0.15, 0.2) is 5.58 Å². The van der Waals surface area contributed by atoms with E-state index in [1.165, 1.54) is 49.2 Å². The second-order valence-corrected chi connectivity index (χ2v) is 11.8. The average Bonchev–Trinajstić information content (AvgIpc) is 3.84. The van der Waals surface area contributed by atoms with Crippen LogP contribution in [0.15, 0.2) is 162 Å². The lowest BCUT2D eigenvalue weighted by Gasteiger charge is -2.10. The first-order valence-corrected chi connectivity index (χ1v) is 16.7. The van der Waals surface area contributed by atoms with Crippen molar-refractivity contribution < 1.29 is 4.42 Å². The van der Waals surface area contributed by atoms with Crippen molar-refractivity contribution in [3.8, 4) is 22.5 Å². The van der Waals surface area contributed by atoms with E-state index in [4.69, 9.17) is 4.42 Å². The van der Waals surface area contributed by atoms with E-state index in [-0.39, 0.29) is 0 Å². The molecule has 10 aromatic rings. The van der Waals surface area contributed by atoms with Crippen LogP contribution in [0.4, 0.5) is 0 Å². The van der Waals surface area contributed by atoms with Gasteiger partial charge in [0, 0.05) is 38.0 Å². The van der Waals surface area contributed by atoms with Crippen LogP contribution in [0.25, 0.3) is 88.1 Å². The van der Waals surface area contributed by atoms with E-state index in [0.717, 1.165) is 38.9 Å². The molecule has 0 fully saturated rings. The molecule has 0 radical (unpaired) electrons. The van der Waals surface area contributed by atoms with Crippen molar-refractivity contribution in [1.29, 1.82) is 0 Å². The van der Waals surface area contributed by atoms with Crippen molar-refractivity contribution >= 4 is 65.6 Å². The molecule has 238 valence electrons. The predicted molar refractivity (Wildman–Crippen MR) is 208 cm³/mol. The first kappa shape index (κ1) is 30.2. The van der Waals surface area contributed by atoms with E-state index in [2.05, 4.69) is 179 Å². The van der Waals surface area contributed by atoms with Gasteiger partial charge >= 0.3 is 0 Å². The van der Waals surface area contributed by atoms with Crippen molar-refractivity contribution in [2.24, 2.45) is 11.7 Å². The zero-order chi connectivity index (χ0) is 33.5. The molecule has 0 unspecified atom stereocenters. The third-order valence-electron chi connectivity index (χ3n) is 9.31. The van der Waals surface area contributed by atoms with Gasteiger partial charge < -0.3 is 13.6 Å². The predicted octanol–water partition coefficient (Wildman–Crippen LogP) is 11.3. The Bertz CT molecular complexity index is 2670. The molecule has 10 rings (SSSR count). The van der Waals surface area contributed by atoms with E-state index < -0.39 is 0 Å². The number of hydrazine groups is 1. The van der Waals surface area contributed by atoms with Gasteiger partial charge in [0.25, 0.3) is 0 Å². The summed E-state index contributed by atoms with van der Waals surface area (Å²) in [6.45, 7) is 4.00. The first-order valence-electron chi connectivity index (χ1n) is 16.7. The van der Waals surface area contributed by atoms with Crippen LogP contribution in [0.3, 0.4) is 0 Å². The molecule has 49 heavy (non-hydrogen) atoms. The van der Waals surface area contributed by atoms with Crippen molar-refractivity contribution in [2.45, 2.75) is 13.8 Å². The SMILES string of the molecule is CC.NN.c1cc(-c2ccc3oc4c(-n5c6ccccc6c6ccccc65)cccc4c3c2)cc(-n2c3ccccc3c3ccccc32)c1. The van der Waals surface area contributed by atoms with E-state index in [1.54, 1.807) is 0 Å². The Morgan fingerprint density at radius 3 is 1.45 bits per heavy atom. The number of furan rings is 1. The minimum absolute atomic E-state index is 0.889. The number of aromatic nitrogens is 2. The highest BCUT2D eigenvalue weighted by Crippen LogP contribution is 2.39. The topological polar surface area (TPSA) is 75.0 Å². The lowest BCUT2D eigenvalue weighted by atomic mass is 10.0. The van der Waals surface area contributed by atoms with Crippen LogP contribution in [0.2, 0.25) is 0 Å². The summed E-state index contributed by atoms with van der Waals surface area (Å²) in [5, 5.41) is 7.25. The van der Waals surface area contributed by atoms with E-state index >= 15 is 0 Å². The van der Waals surface area contributed by atoms with Gasteiger partial charge in [-0.3, -0.25) is 11.7 Å². The average molecular weight is 637 g/mol. The zero-order valence-electron chi connectivity index (χ0n) is 27.5. The number of rotatable bonds is 3. The fourth-order valence-corrected chi connectivity index (χ4v) is 7.35. The Morgan fingerprint density at radius 2 is 0.878 bits per heavy atom. The molecule has 7 aromatic carbocycles. The van der Waals surface area contributed by atoms with Crippen LogP contribution in [0.1, 0.15) is 13.8 Å². The van der Waals surface area contributed by atoms with Crippen LogP contribution < -0.4 is 11.7 Å². The number of benzene rings is 7. The second-order valence-electron chi connectivity index (χ2n) is 11.8. The molecular formula is C44H36N4O. The molecule has 0 spiro atoms. The maximum atomic E-state index is 6.65.